The van der Waals surface area contributed by atoms with Crippen molar-refractivity contribution in [3.63, 3.8) is 0 Å². The standard InChI is InChI=1S/C19H21N3O2/c1-14(23)21-17-10-8-16(9-11-17)20-13-19(24)22-12-4-6-15-5-2-3-7-18(15)22/h2-3,5,7-11,20H,4,6,12-13H2,1H3,(H,21,23). The summed E-state index contributed by atoms with van der Waals surface area (Å²) in [6, 6.07) is 15.4. The molecular formula is C19H21N3O2. The summed E-state index contributed by atoms with van der Waals surface area (Å²) in [5.74, 6) is -0.0391. The molecule has 24 heavy (non-hydrogen) atoms. The first kappa shape index (κ1) is 16.1. The number of carbonyl (C=O) groups is 2. The van der Waals surface area contributed by atoms with Crippen LogP contribution in [0.2, 0.25) is 0 Å². The lowest BCUT2D eigenvalue weighted by Gasteiger charge is -2.29. The summed E-state index contributed by atoms with van der Waals surface area (Å²) >= 11 is 0. The summed E-state index contributed by atoms with van der Waals surface area (Å²) in [6.45, 7) is 2.48. The van der Waals surface area contributed by atoms with Gasteiger partial charge in [0.05, 0.1) is 6.54 Å². The highest BCUT2D eigenvalue weighted by Gasteiger charge is 2.21. The lowest BCUT2D eigenvalue weighted by molar-refractivity contribution is -0.117. The molecule has 0 radical (unpaired) electrons. The molecule has 124 valence electrons. The smallest absolute Gasteiger partial charge is 0.246 e. The maximum atomic E-state index is 12.6. The quantitative estimate of drug-likeness (QED) is 0.909. The molecule has 0 bridgehead atoms. The molecule has 0 atom stereocenters. The van der Waals surface area contributed by atoms with Crippen LogP contribution in [0.4, 0.5) is 17.1 Å². The van der Waals surface area contributed by atoms with Gasteiger partial charge in [-0.2, -0.15) is 0 Å². The number of aryl methyl sites for hydroxylation is 1. The number of amides is 2. The number of hydrogen-bond acceptors (Lipinski definition) is 3. The second kappa shape index (κ2) is 7.17. The Labute approximate surface area is 141 Å². The van der Waals surface area contributed by atoms with Gasteiger partial charge in [-0.1, -0.05) is 18.2 Å². The molecule has 5 nitrogen and oxygen atoms in total. The van der Waals surface area contributed by atoms with Crippen LogP contribution in [0.5, 0.6) is 0 Å². The van der Waals surface area contributed by atoms with Gasteiger partial charge in [0.1, 0.15) is 0 Å². The van der Waals surface area contributed by atoms with E-state index in [0.29, 0.717) is 0 Å². The van der Waals surface area contributed by atoms with Crippen LogP contribution in [0.1, 0.15) is 18.9 Å². The zero-order chi connectivity index (χ0) is 16.9. The van der Waals surface area contributed by atoms with Crippen LogP contribution in [0.15, 0.2) is 48.5 Å². The Balaban J connectivity index is 1.61. The maximum absolute atomic E-state index is 12.6. The highest BCUT2D eigenvalue weighted by molar-refractivity contribution is 5.97. The monoisotopic (exact) mass is 323 g/mol. The molecule has 0 unspecified atom stereocenters. The molecule has 0 fully saturated rings. The second-order valence-corrected chi connectivity index (χ2v) is 5.89. The Bertz CT molecular complexity index is 741. The number of anilines is 3. The molecule has 0 aliphatic carbocycles. The fraction of sp³-hybridized carbons (Fsp3) is 0.263. The number of fused-ring (bicyclic) bond motifs is 1. The molecule has 5 heteroatoms. The highest BCUT2D eigenvalue weighted by atomic mass is 16.2. The Kier molecular flexibility index (Phi) is 4.79. The van der Waals surface area contributed by atoms with E-state index in [4.69, 9.17) is 0 Å². The van der Waals surface area contributed by atoms with E-state index in [2.05, 4.69) is 16.7 Å². The first-order valence-corrected chi connectivity index (χ1v) is 8.13. The average Bonchev–Trinajstić information content (AvgIpc) is 2.60. The molecule has 1 aliphatic heterocycles. The van der Waals surface area contributed by atoms with Gasteiger partial charge in [0, 0.05) is 30.5 Å². The molecule has 2 amide bonds. The van der Waals surface area contributed by atoms with Crippen LogP contribution in [0.25, 0.3) is 0 Å². The predicted octanol–water partition coefficient (Wildman–Crippen LogP) is 3.04. The molecule has 0 aromatic heterocycles. The normalized spacial score (nSPS) is 13.1. The van der Waals surface area contributed by atoms with Crippen molar-refractivity contribution in [2.24, 2.45) is 0 Å². The summed E-state index contributed by atoms with van der Waals surface area (Å²) in [4.78, 5) is 25.4. The van der Waals surface area contributed by atoms with Gasteiger partial charge in [0.15, 0.2) is 0 Å². The first-order valence-electron chi connectivity index (χ1n) is 8.13. The molecule has 1 heterocycles. The number of para-hydroxylation sites is 1. The van der Waals surface area contributed by atoms with Gasteiger partial charge in [0.25, 0.3) is 0 Å². The van der Waals surface area contributed by atoms with Crippen molar-refractivity contribution in [3.8, 4) is 0 Å². The summed E-state index contributed by atoms with van der Waals surface area (Å²) < 4.78 is 0. The fourth-order valence-electron chi connectivity index (χ4n) is 2.94. The fourth-order valence-corrected chi connectivity index (χ4v) is 2.94. The maximum Gasteiger partial charge on any atom is 0.246 e. The van der Waals surface area contributed by atoms with Crippen molar-refractivity contribution >= 4 is 28.9 Å². The summed E-state index contributed by atoms with van der Waals surface area (Å²) in [6.07, 6.45) is 2.02. The zero-order valence-corrected chi connectivity index (χ0v) is 13.7. The topological polar surface area (TPSA) is 61.4 Å². The molecule has 0 saturated heterocycles. The number of benzene rings is 2. The van der Waals surface area contributed by atoms with Crippen LogP contribution < -0.4 is 15.5 Å². The molecule has 3 rings (SSSR count). The van der Waals surface area contributed by atoms with Gasteiger partial charge in [-0.05, 0) is 48.7 Å². The van der Waals surface area contributed by atoms with E-state index in [1.165, 1.54) is 12.5 Å². The second-order valence-electron chi connectivity index (χ2n) is 5.89. The third-order valence-electron chi connectivity index (χ3n) is 4.06. The van der Waals surface area contributed by atoms with Crippen LogP contribution in [0, 0.1) is 0 Å². The molecule has 1 aliphatic rings. The molecule has 0 spiro atoms. The van der Waals surface area contributed by atoms with E-state index in [1.807, 2.05) is 47.4 Å². The van der Waals surface area contributed by atoms with Crippen molar-refractivity contribution < 1.29 is 9.59 Å². The first-order chi connectivity index (χ1) is 11.6. The van der Waals surface area contributed by atoms with Crippen LogP contribution in [-0.2, 0) is 16.0 Å². The summed E-state index contributed by atoms with van der Waals surface area (Å²) in [7, 11) is 0. The van der Waals surface area contributed by atoms with Gasteiger partial charge in [-0.25, -0.2) is 0 Å². The van der Waals surface area contributed by atoms with Crippen LogP contribution in [-0.4, -0.2) is 24.9 Å². The van der Waals surface area contributed by atoms with Crippen molar-refractivity contribution in [3.05, 3.63) is 54.1 Å². The Hall–Kier alpha value is -2.82. The summed E-state index contributed by atoms with van der Waals surface area (Å²) in [5.41, 5.74) is 3.85. The lowest BCUT2D eigenvalue weighted by atomic mass is 10.0. The zero-order valence-electron chi connectivity index (χ0n) is 13.7. The van der Waals surface area contributed by atoms with Crippen molar-refractivity contribution in [2.75, 3.05) is 28.6 Å². The largest absolute Gasteiger partial charge is 0.376 e. The Morgan fingerprint density at radius 1 is 1.04 bits per heavy atom. The van der Waals surface area contributed by atoms with Crippen LogP contribution in [0.3, 0.4) is 0 Å². The minimum absolute atomic E-state index is 0.0630. The van der Waals surface area contributed by atoms with E-state index in [9.17, 15) is 9.59 Å². The van der Waals surface area contributed by atoms with E-state index >= 15 is 0 Å². The molecule has 2 N–H and O–H groups in total. The Morgan fingerprint density at radius 2 is 1.75 bits per heavy atom. The molecular weight excluding hydrogens is 302 g/mol. The lowest BCUT2D eigenvalue weighted by Crippen LogP contribution is -2.39. The number of carbonyl (C=O) groups excluding carboxylic acids is 2. The molecule has 0 saturated carbocycles. The van der Waals surface area contributed by atoms with Gasteiger partial charge >= 0.3 is 0 Å². The third kappa shape index (κ3) is 3.74. The number of hydrogen-bond donors (Lipinski definition) is 2. The average molecular weight is 323 g/mol. The summed E-state index contributed by atoms with van der Waals surface area (Å²) in [5, 5.41) is 5.87. The Morgan fingerprint density at radius 3 is 2.50 bits per heavy atom. The minimum atomic E-state index is -0.102. The SMILES string of the molecule is CC(=O)Nc1ccc(NCC(=O)N2CCCc3ccccc32)cc1. The number of nitrogens with one attached hydrogen (secondary N) is 2. The minimum Gasteiger partial charge on any atom is -0.376 e. The van der Waals surface area contributed by atoms with E-state index < -0.39 is 0 Å². The molecule has 2 aromatic rings. The molecule has 2 aromatic carbocycles. The van der Waals surface area contributed by atoms with Gasteiger partial charge in [-0.3, -0.25) is 9.59 Å². The predicted molar refractivity (Wildman–Crippen MR) is 96.4 cm³/mol. The van der Waals surface area contributed by atoms with Crippen LogP contribution >= 0.6 is 0 Å². The number of rotatable bonds is 4. The number of nitrogens with zero attached hydrogens (tertiary/aromatic N) is 1. The van der Waals surface area contributed by atoms with E-state index in [1.54, 1.807) is 0 Å². The van der Waals surface area contributed by atoms with E-state index in [0.717, 1.165) is 36.4 Å². The van der Waals surface area contributed by atoms with Gasteiger partial charge < -0.3 is 15.5 Å². The third-order valence-corrected chi connectivity index (χ3v) is 4.06. The van der Waals surface area contributed by atoms with Crippen molar-refractivity contribution in [1.82, 2.24) is 0 Å². The van der Waals surface area contributed by atoms with Gasteiger partial charge in [-0.15, -0.1) is 0 Å². The highest BCUT2D eigenvalue weighted by Crippen LogP contribution is 2.26. The van der Waals surface area contributed by atoms with Gasteiger partial charge in [0.2, 0.25) is 11.8 Å². The van der Waals surface area contributed by atoms with Crippen molar-refractivity contribution in [1.29, 1.82) is 0 Å². The van der Waals surface area contributed by atoms with Crippen molar-refractivity contribution in [2.45, 2.75) is 19.8 Å². The van der Waals surface area contributed by atoms with E-state index in [-0.39, 0.29) is 18.4 Å².